The van der Waals surface area contributed by atoms with Gasteiger partial charge in [-0.3, -0.25) is 14.9 Å². The van der Waals surface area contributed by atoms with Gasteiger partial charge >= 0.3 is 0 Å². The van der Waals surface area contributed by atoms with E-state index in [9.17, 15) is 20.0 Å². The average Bonchev–Trinajstić information content (AvgIpc) is 3.48. The third kappa shape index (κ3) is 4.97. The number of nitriles is 1. The molecule has 3 heterocycles. The Morgan fingerprint density at radius 3 is 2.81 bits per heavy atom. The number of aliphatic hydroxyl groups excluding tert-OH is 1. The van der Waals surface area contributed by atoms with Crippen molar-refractivity contribution in [3.8, 4) is 6.07 Å². The first-order chi connectivity index (χ1) is 17.4. The number of aromatic nitrogens is 1. The van der Waals surface area contributed by atoms with Crippen LogP contribution in [-0.2, 0) is 4.79 Å². The fourth-order valence-corrected chi connectivity index (χ4v) is 6.69. The lowest BCUT2D eigenvalue weighted by Gasteiger charge is -2.32. The average molecular weight is 512 g/mol. The molecule has 1 spiro atoms. The van der Waals surface area contributed by atoms with E-state index in [0.29, 0.717) is 35.6 Å². The molecule has 2 aliphatic heterocycles. The Kier molecular flexibility index (Phi) is 7.25. The van der Waals surface area contributed by atoms with E-state index in [1.807, 2.05) is 12.1 Å². The van der Waals surface area contributed by atoms with Gasteiger partial charge in [-0.2, -0.15) is 5.26 Å². The van der Waals surface area contributed by atoms with Gasteiger partial charge in [-0.1, -0.05) is 43.0 Å². The maximum atomic E-state index is 13.7. The fraction of sp³-hybridized carbons (Fsp3) is 0.593. The van der Waals surface area contributed by atoms with E-state index in [-0.39, 0.29) is 23.1 Å². The van der Waals surface area contributed by atoms with Crippen molar-refractivity contribution in [3.63, 3.8) is 0 Å². The molecule has 9 heteroatoms. The number of rotatable bonds is 5. The number of hydrogen-bond acceptors (Lipinski definition) is 5. The van der Waals surface area contributed by atoms with E-state index in [4.69, 9.17) is 11.6 Å². The number of carbonyl (C=O) groups excluding carboxylic acids is 2. The Hall–Kier alpha value is -2.60. The zero-order valence-corrected chi connectivity index (χ0v) is 21.2. The van der Waals surface area contributed by atoms with Crippen molar-refractivity contribution in [2.75, 3.05) is 13.1 Å². The van der Waals surface area contributed by atoms with E-state index in [1.54, 1.807) is 17.0 Å². The van der Waals surface area contributed by atoms with Gasteiger partial charge in [0.25, 0.3) is 5.91 Å². The lowest BCUT2D eigenvalue weighted by molar-refractivity contribution is -0.125. The highest BCUT2D eigenvalue weighted by Gasteiger charge is 2.49. The summed E-state index contributed by atoms with van der Waals surface area (Å²) in [5, 5.41) is 27.3. The molecule has 2 saturated heterocycles. The van der Waals surface area contributed by atoms with E-state index in [0.717, 1.165) is 50.5 Å². The maximum Gasteiger partial charge on any atom is 0.271 e. The minimum absolute atomic E-state index is 0.0643. The number of fused-ring (bicyclic) bond motifs is 1. The molecule has 3 aliphatic rings. The van der Waals surface area contributed by atoms with Crippen molar-refractivity contribution in [2.24, 2.45) is 11.3 Å². The Morgan fingerprint density at radius 2 is 2.08 bits per heavy atom. The highest BCUT2D eigenvalue weighted by atomic mass is 35.5. The maximum absolute atomic E-state index is 13.7. The summed E-state index contributed by atoms with van der Waals surface area (Å²) in [6.45, 7) is 1.29. The summed E-state index contributed by atoms with van der Waals surface area (Å²) in [6.07, 6.45) is 7.44. The predicted octanol–water partition coefficient (Wildman–Crippen LogP) is 3.70. The van der Waals surface area contributed by atoms with Gasteiger partial charge in [-0.05, 0) is 62.6 Å². The fourth-order valence-electron chi connectivity index (χ4n) is 6.46. The number of likely N-dealkylation sites (tertiary alicyclic amines) is 1. The van der Waals surface area contributed by atoms with Crippen LogP contribution in [0.25, 0.3) is 10.9 Å². The Balaban J connectivity index is 1.37. The highest BCUT2D eigenvalue weighted by molar-refractivity contribution is 6.35. The summed E-state index contributed by atoms with van der Waals surface area (Å²) in [6, 6.07) is 8.16. The number of H-pyrrole nitrogens is 1. The molecule has 5 rings (SSSR count). The van der Waals surface area contributed by atoms with Crippen LogP contribution in [-0.4, -0.2) is 58.2 Å². The van der Waals surface area contributed by atoms with Gasteiger partial charge in [0.1, 0.15) is 24.0 Å². The van der Waals surface area contributed by atoms with Gasteiger partial charge in [0.15, 0.2) is 0 Å². The van der Waals surface area contributed by atoms with Gasteiger partial charge in [0.05, 0.1) is 16.6 Å². The van der Waals surface area contributed by atoms with Crippen molar-refractivity contribution >= 4 is 34.3 Å². The number of piperidine rings is 1. The van der Waals surface area contributed by atoms with Crippen molar-refractivity contribution in [2.45, 2.75) is 76.1 Å². The SMILES string of the molecule is N#CC(CC1CCCNC1O)NC(=O)C1CC2(CCCCC2)CN1C(=O)c1cc2cccc(Cl)c2[nH]1. The number of hydrogen-bond donors (Lipinski definition) is 4. The highest BCUT2D eigenvalue weighted by Crippen LogP contribution is 2.46. The van der Waals surface area contributed by atoms with E-state index < -0.39 is 18.3 Å². The first-order valence-electron chi connectivity index (χ1n) is 13.1. The number of aromatic amines is 1. The lowest BCUT2D eigenvalue weighted by atomic mass is 9.72. The van der Waals surface area contributed by atoms with E-state index in [2.05, 4.69) is 21.7 Å². The van der Waals surface area contributed by atoms with Crippen LogP contribution >= 0.6 is 11.6 Å². The van der Waals surface area contributed by atoms with Crippen LogP contribution in [0, 0.1) is 22.7 Å². The number of benzene rings is 1. The molecule has 4 N–H and O–H groups in total. The molecule has 0 radical (unpaired) electrons. The smallest absolute Gasteiger partial charge is 0.271 e. The molecule has 192 valence electrons. The molecule has 4 unspecified atom stereocenters. The molecule has 2 amide bonds. The molecule has 0 bridgehead atoms. The lowest BCUT2D eigenvalue weighted by Crippen LogP contribution is -2.50. The third-order valence-corrected chi connectivity index (χ3v) is 8.70. The number of para-hydroxylation sites is 1. The minimum Gasteiger partial charge on any atom is -0.378 e. The van der Waals surface area contributed by atoms with Crippen LogP contribution in [0.4, 0.5) is 0 Å². The molecule has 1 saturated carbocycles. The number of aliphatic hydroxyl groups is 1. The topological polar surface area (TPSA) is 121 Å². The number of carbonyl (C=O) groups is 2. The van der Waals surface area contributed by atoms with Gasteiger partial charge in [-0.15, -0.1) is 0 Å². The number of nitrogens with zero attached hydrogens (tertiary/aromatic N) is 2. The summed E-state index contributed by atoms with van der Waals surface area (Å²) in [5.74, 6) is -0.596. The van der Waals surface area contributed by atoms with Gasteiger partial charge < -0.3 is 20.3 Å². The van der Waals surface area contributed by atoms with Crippen LogP contribution in [0.15, 0.2) is 24.3 Å². The van der Waals surface area contributed by atoms with Crippen molar-refractivity contribution in [1.29, 1.82) is 5.26 Å². The van der Waals surface area contributed by atoms with Crippen LogP contribution in [0.3, 0.4) is 0 Å². The molecule has 36 heavy (non-hydrogen) atoms. The number of halogens is 1. The predicted molar refractivity (Wildman–Crippen MR) is 137 cm³/mol. The molecule has 8 nitrogen and oxygen atoms in total. The number of amides is 2. The van der Waals surface area contributed by atoms with E-state index in [1.165, 1.54) is 6.42 Å². The van der Waals surface area contributed by atoms with Crippen molar-refractivity contribution < 1.29 is 14.7 Å². The summed E-state index contributed by atoms with van der Waals surface area (Å²) in [7, 11) is 0. The van der Waals surface area contributed by atoms with Gasteiger partial charge in [0, 0.05) is 17.8 Å². The molecule has 1 aliphatic carbocycles. The summed E-state index contributed by atoms with van der Waals surface area (Å²) in [4.78, 5) is 32.2. The quantitative estimate of drug-likeness (QED) is 0.487. The normalized spacial score (nSPS) is 26.6. The Bertz CT molecular complexity index is 1170. The summed E-state index contributed by atoms with van der Waals surface area (Å²) >= 11 is 6.32. The van der Waals surface area contributed by atoms with Gasteiger partial charge in [0.2, 0.25) is 5.91 Å². The molecule has 1 aromatic carbocycles. The number of nitrogens with one attached hydrogen (secondary N) is 3. The standard InChI is InChI=1S/C27H34ClN5O3/c28-20-8-4-6-17-13-21(32-23(17)20)26(36)33-16-27(9-2-1-3-10-27)14-22(33)25(35)31-19(15-29)12-18-7-5-11-30-24(18)34/h4,6,8,13,18-19,22,24,30,32,34H,1-3,5,7,9-12,14,16H2,(H,31,35). The Morgan fingerprint density at radius 1 is 1.28 bits per heavy atom. The minimum atomic E-state index is -0.719. The zero-order valence-electron chi connectivity index (χ0n) is 20.4. The monoisotopic (exact) mass is 511 g/mol. The molecular weight excluding hydrogens is 478 g/mol. The molecule has 2 aromatic rings. The summed E-state index contributed by atoms with van der Waals surface area (Å²) < 4.78 is 0. The van der Waals surface area contributed by atoms with Crippen LogP contribution < -0.4 is 10.6 Å². The molecule has 4 atom stereocenters. The largest absolute Gasteiger partial charge is 0.378 e. The first kappa shape index (κ1) is 25.1. The molecule has 3 fully saturated rings. The van der Waals surface area contributed by atoms with Crippen molar-refractivity contribution in [1.82, 2.24) is 20.5 Å². The second-order valence-corrected chi connectivity index (χ2v) is 11.2. The second-order valence-electron chi connectivity index (χ2n) is 10.8. The molecular formula is C27H34ClN5O3. The van der Waals surface area contributed by atoms with E-state index >= 15 is 0 Å². The Labute approximate surface area is 216 Å². The van der Waals surface area contributed by atoms with Crippen molar-refractivity contribution in [3.05, 3.63) is 35.0 Å². The second kappa shape index (κ2) is 10.4. The summed E-state index contributed by atoms with van der Waals surface area (Å²) in [5.41, 5.74) is 1.06. The van der Waals surface area contributed by atoms with Crippen LogP contribution in [0.2, 0.25) is 5.02 Å². The van der Waals surface area contributed by atoms with Crippen LogP contribution in [0.5, 0.6) is 0 Å². The third-order valence-electron chi connectivity index (χ3n) is 8.38. The zero-order chi connectivity index (χ0) is 25.3. The first-order valence-corrected chi connectivity index (χ1v) is 13.5. The van der Waals surface area contributed by atoms with Crippen LogP contribution in [0.1, 0.15) is 68.3 Å². The van der Waals surface area contributed by atoms with Gasteiger partial charge in [-0.25, -0.2) is 0 Å². The molecule has 1 aromatic heterocycles.